The molecule has 2 rings (SSSR count). The van der Waals surface area contributed by atoms with Crippen molar-refractivity contribution < 1.29 is 4.74 Å². The highest BCUT2D eigenvalue weighted by molar-refractivity contribution is 4.85. The molecule has 1 saturated heterocycles. The number of nitrogens with zero attached hydrogens (tertiary/aromatic N) is 1. The van der Waals surface area contributed by atoms with Crippen LogP contribution in [0.4, 0.5) is 0 Å². The Bertz CT molecular complexity index is 182. The summed E-state index contributed by atoms with van der Waals surface area (Å²) in [5, 5.41) is 0. The molecule has 82 valence electrons. The standard InChI is InChI=1S/C11H22N2O/c1-9-8-14-7-6-13(9)5-4-11(12)10-2-3-10/h9-11H,2-8,12H2,1H3. The lowest BCUT2D eigenvalue weighted by molar-refractivity contribution is -0.00158. The summed E-state index contributed by atoms with van der Waals surface area (Å²) in [5.74, 6) is 0.839. The van der Waals surface area contributed by atoms with Gasteiger partial charge in [-0.05, 0) is 32.1 Å². The summed E-state index contributed by atoms with van der Waals surface area (Å²) in [7, 11) is 0. The summed E-state index contributed by atoms with van der Waals surface area (Å²) in [6, 6.07) is 1.03. The van der Waals surface area contributed by atoms with Gasteiger partial charge in [-0.1, -0.05) is 0 Å². The van der Waals surface area contributed by atoms with Crippen molar-refractivity contribution in [3.8, 4) is 0 Å². The zero-order chi connectivity index (χ0) is 9.97. The number of hydrogen-bond acceptors (Lipinski definition) is 3. The van der Waals surface area contributed by atoms with Crippen LogP contribution in [0, 0.1) is 5.92 Å². The summed E-state index contributed by atoms with van der Waals surface area (Å²) >= 11 is 0. The normalized spacial score (nSPS) is 31.7. The van der Waals surface area contributed by atoms with E-state index in [-0.39, 0.29) is 0 Å². The average molecular weight is 198 g/mol. The van der Waals surface area contributed by atoms with Crippen LogP contribution >= 0.6 is 0 Å². The van der Waals surface area contributed by atoms with E-state index in [1.54, 1.807) is 0 Å². The Hall–Kier alpha value is -0.120. The average Bonchev–Trinajstić information content (AvgIpc) is 2.99. The summed E-state index contributed by atoms with van der Waals surface area (Å²) in [4.78, 5) is 2.51. The smallest absolute Gasteiger partial charge is 0.0619 e. The molecule has 2 N–H and O–H groups in total. The molecule has 1 saturated carbocycles. The lowest BCUT2D eigenvalue weighted by Gasteiger charge is -2.33. The molecule has 1 heterocycles. The van der Waals surface area contributed by atoms with Crippen molar-refractivity contribution in [2.24, 2.45) is 11.7 Å². The van der Waals surface area contributed by atoms with Gasteiger partial charge in [-0.3, -0.25) is 4.90 Å². The van der Waals surface area contributed by atoms with E-state index in [9.17, 15) is 0 Å². The van der Waals surface area contributed by atoms with Crippen molar-refractivity contribution >= 4 is 0 Å². The fourth-order valence-corrected chi connectivity index (χ4v) is 2.17. The predicted octanol–water partition coefficient (Wildman–Crippen LogP) is 0.834. The van der Waals surface area contributed by atoms with E-state index in [1.165, 1.54) is 12.8 Å². The van der Waals surface area contributed by atoms with Crippen molar-refractivity contribution in [2.45, 2.75) is 38.3 Å². The molecule has 3 heteroatoms. The Morgan fingerprint density at radius 1 is 1.50 bits per heavy atom. The molecule has 2 atom stereocenters. The van der Waals surface area contributed by atoms with E-state index in [2.05, 4.69) is 11.8 Å². The molecule has 1 aliphatic carbocycles. The highest BCUT2D eigenvalue weighted by Gasteiger charge is 2.29. The minimum Gasteiger partial charge on any atom is -0.379 e. The van der Waals surface area contributed by atoms with Gasteiger partial charge in [0, 0.05) is 25.2 Å². The molecule has 0 spiro atoms. The summed E-state index contributed by atoms with van der Waals surface area (Å²) < 4.78 is 5.41. The fourth-order valence-electron chi connectivity index (χ4n) is 2.17. The van der Waals surface area contributed by atoms with Gasteiger partial charge in [-0.2, -0.15) is 0 Å². The van der Waals surface area contributed by atoms with Gasteiger partial charge in [0.1, 0.15) is 0 Å². The number of ether oxygens (including phenoxy) is 1. The molecule has 0 amide bonds. The molecular formula is C11H22N2O. The first-order valence-electron chi connectivity index (χ1n) is 5.85. The summed E-state index contributed by atoms with van der Waals surface area (Å²) in [6.07, 6.45) is 3.88. The highest BCUT2D eigenvalue weighted by atomic mass is 16.5. The first kappa shape index (κ1) is 10.4. The lowest BCUT2D eigenvalue weighted by atomic mass is 10.1. The molecule has 0 aromatic rings. The van der Waals surface area contributed by atoms with Crippen LogP contribution in [0.5, 0.6) is 0 Å². The molecule has 0 aromatic carbocycles. The van der Waals surface area contributed by atoms with Gasteiger partial charge >= 0.3 is 0 Å². The van der Waals surface area contributed by atoms with E-state index in [4.69, 9.17) is 10.5 Å². The van der Waals surface area contributed by atoms with Gasteiger partial charge in [-0.25, -0.2) is 0 Å². The predicted molar refractivity (Wildman–Crippen MR) is 57.2 cm³/mol. The maximum Gasteiger partial charge on any atom is 0.0619 e. The van der Waals surface area contributed by atoms with Crippen LogP contribution in [0.3, 0.4) is 0 Å². The largest absolute Gasteiger partial charge is 0.379 e. The van der Waals surface area contributed by atoms with E-state index >= 15 is 0 Å². The number of nitrogens with two attached hydrogens (primary N) is 1. The zero-order valence-corrected chi connectivity index (χ0v) is 9.11. The van der Waals surface area contributed by atoms with Gasteiger partial charge < -0.3 is 10.5 Å². The quantitative estimate of drug-likeness (QED) is 0.727. The van der Waals surface area contributed by atoms with Crippen LogP contribution in [0.25, 0.3) is 0 Å². The third kappa shape index (κ3) is 2.69. The van der Waals surface area contributed by atoms with Gasteiger partial charge in [0.15, 0.2) is 0 Å². The Morgan fingerprint density at radius 3 is 2.93 bits per heavy atom. The van der Waals surface area contributed by atoms with Gasteiger partial charge in [0.05, 0.1) is 13.2 Å². The molecule has 0 radical (unpaired) electrons. The Labute approximate surface area is 86.6 Å². The van der Waals surface area contributed by atoms with E-state index in [0.717, 1.165) is 38.6 Å². The monoisotopic (exact) mass is 198 g/mol. The van der Waals surface area contributed by atoms with Crippen LogP contribution in [-0.2, 0) is 4.74 Å². The molecule has 14 heavy (non-hydrogen) atoms. The van der Waals surface area contributed by atoms with Crippen LogP contribution < -0.4 is 5.73 Å². The minimum absolute atomic E-state index is 0.449. The van der Waals surface area contributed by atoms with E-state index in [0.29, 0.717) is 12.1 Å². The molecule has 0 aromatic heterocycles. The molecule has 2 aliphatic rings. The highest BCUT2D eigenvalue weighted by Crippen LogP contribution is 2.32. The molecule has 2 unspecified atom stereocenters. The third-order valence-corrected chi connectivity index (χ3v) is 3.48. The second-order valence-corrected chi connectivity index (χ2v) is 4.75. The molecule has 2 fully saturated rings. The van der Waals surface area contributed by atoms with Crippen LogP contribution in [0.15, 0.2) is 0 Å². The van der Waals surface area contributed by atoms with Crippen molar-refractivity contribution in [3.05, 3.63) is 0 Å². The number of morpholine rings is 1. The lowest BCUT2D eigenvalue weighted by Crippen LogP contribution is -2.45. The number of hydrogen-bond donors (Lipinski definition) is 1. The molecular weight excluding hydrogens is 176 g/mol. The topological polar surface area (TPSA) is 38.5 Å². The summed E-state index contributed by atoms with van der Waals surface area (Å²) in [6.45, 7) is 6.25. The maximum atomic E-state index is 6.08. The number of rotatable bonds is 4. The van der Waals surface area contributed by atoms with Crippen LogP contribution in [0.2, 0.25) is 0 Å². The maximum absolute atomic E-state index is 6.08. The van der Waals surface area contributed by atoms with Crippen LogP contribution in [0.1, 0.15) is 26.2 Å². The van der Waals surface area contributed by atoms with Crippen molar-refractivity contribution in [3.63, 3.8) is 0 Å². The van der Waals surface area contributed by atoms with Gasteiger partial charge in [-0.15, -0.1) is 0 Å². The first-order chi connectivity index (χ1) is 6.77. The van der Waals surface area contributed by atoms with Gasteiger partial charge in [0.25, 0.3) is 0 Å². The molecule has 0 bridgehead atoms. The van der Waals surface area contributed by atoms with Crippen molar-refractivity contribution in [1.29, 1.82) is 0 Å². The summed E-state index contributed by atoms with van der Waals surface area (Å²) in [5.41, 5.74) is 6.08. The van der Waals surface area contributed by atoms with Crippen LogP contribution in [-0.4, -0.2) is 43.3 Å². The molecule has 1 aliphatic heterocycles. The SMILES string of the molecule is CC1COCCN1CCC(N)C1CC1. The fraction of sp³-hybridized carbons (Fsp3) is 1.00. The van der Waals surface area contributed by atoms with Gasteiger partial charge in [0.2, 0.25) is 0 Å². The second-order valence-electron chi connectivity index (χ2n) is 4.75. The Balaban J connectivity index is 1.67. The first-order valence-corrected chi connectivity index (χ1v) is 5.85. The molecule has 3 nitrogen and oxygen atoms in total. The van der Waals surface area contributed by atoms with Crippen molar-refractivity contribution in [2.75, 3.05) is 26.3 Å². The minimum atomic E-state index is 0.449. The van der Waals surface area contributed by atoms with E-state index < -0.39 is 0 Å². The Morgan fingerprint density at radius 2 is 2.29 bits per heavy atom. The zero-order valence-electron chi connectivity index (χ0n) is 9.11. The third-order valence-electron chi connectivity index (χ3n) is 3.48. The second kappa shape index (κ2) is 4.60. The Kier molecular flexibility index (Phi) is 3.42. The van der Waals surface area contributed by atoms with Crippen molar-refractivity contribution in [1.82, 2.24) is 4.90 Å². The van der Waals surface area contributed by atoms with E-state index in [1.807, 2.05) is 0 Å².